The van der Waals surface area contributed by atoms with Gasteiger partial charge in [0.05, 0.1) is 18.6 Å². The summed E-state index contributed by atoms with van der Waals surface area (Å²) >= 11 is 1.34. The van der Waals surface area contributed by atoms with Gasteiger partial charge in [-0.2, -0.15) is 0 Å². The zero-order valence-corrected chi connectivity index (χ0v) is 15.8. The first-order valence-electron chi connectivity index (χ1n) is 8.27. The molecule has 0 atom stereocenters. The highest BCUT2D eigenvalue weighted by Crippen LogP contribution is 2.26. The lowest BCUT2D eigenvalue weighted by molar-refractivity contribution is -0.113. The molecule has 0 bridgehead atoms. The molecule has 0 saturated heterocycles. The molecule has 26 heavy (non-hydrogen) atoms. The highest BCUT2D eigenvalue weighted by molar-refractivity contribution is 7.99. The molecule has 2 heterocycles. The fourth-order valence-corrected chi connectivity index (χ4v) is 3.29. The molecule has 0 aliphatic carbocycles. The van der Waals surface area contributed by atoms with E-state index in [-0.39, 0.29) is 11.7 Å². The van der Waals surface area contributed by atoms with Crippen molar-refractivity contribution in [2.24, 2.45) is 0 Å². The Hall–Kier alpha value is -2.74. The molecule has 0 spiro atoms. The summed E-state index contributed by atoms with van der Waals surface area (Å²) in [5.41, 5.74) is 1.72. The van der Waals surface area contributed by atoms with Gasteiger partial charge in [-0.05, 0) is 36.8 Å². The number of aromatic nitrogens is 4. The van der Waals surface area contributed by atoms with Crippen molar-refractivity contribution in [3.63, 3.8) is 0 Å². The Bertz CT molecular complexity index is 889. The van der Waals surface area contributed by atoms with Crippen LogP contribution < -0.4 is 10.1 Å². The third-order valence-electron chi connectivity index (χ3n) is 3.77. The van der Waals surface area contributed by atoms with E-state index in [0.717, 1.165) is 17.8 Å². The van der Waals surface area contributed by atoms with Crippen LogP contribution >= 0.6 is 11.8 Å². The zero-order chi connectivity index (χ0) is 18.5. The molecule has 0 fully saturated rings. The van der Waals surface area contributed by atoms with Gasteiger partial charge < -0.3 is 10.1 Å². The Morgan fingerprint density at radius 2 is 2.04 bits per heavy atom. The van der Waals surface area contributed by atoms with Crippen molar-refractivity contribution in [1.82, 2.24) is 19.5 Å². The van der Waals surface area contributed by atoms with E-state index in [1.807, 2.05) is 65.9 Å². The molecule has 0 radical (unpaired) electrons. The van der Waals surface area contributed by atoms with Gasteiger partial charge in [0, 0.05) is 18.8 Å². The van der Waals surface area contributed by atoms with Gasteiger partial charge in [0.25, 0.3) is 0 Å². The lowest BCUT2D eigenvalue weighted by Crippen LogP contribution is -2.16. The van der Waals surface area contributed by atoms with E-state index in [1.165, 1.54) is 11.8 Å². The number of amides is 1. The Balaban J connectivity index is 1.71. The predicted octanol–water partition coefficient (Wildman–Crippen LogP) is 3.00. The van der Waals surface area contributed by atoms with E-state index in [0.29, 0.717) is 16.6 Å². The minimum atomic E-state index is -0.126. The van der Waals surface area contributed by atoms with E-state index >= 15 is 0 Å². The van der Waals surface area contributed by atoms with E-state index in [1.54, 1.807) is 7.11 Å². The standard InChI is InChI=1S/C18H21N5O2S/c1-4-16-20-21-18(23(16)22-9-5-6-10-22)26-12-17(24)19-14-11-13(2)7-8-15(14)25-3/h5-11H,4,12H2,1-3H3,(H,19,24). The molecule has 1 N–H and O–H groups in total. The first-order valence-corrected chi connectivity index (χ1v) is 9.26. The summed E-state index contributed by atoms with van der Waals surface area (Å²) in [6.45, 7) is 3.99. The van der Waals surface area contributed by atoms with Crippen molar-refractivity contribution in [3.8, 4) is 5.75 Å². The molecule has 0 aliphatic rings. The quantitative estimate of drug-likeness (QED) is 0.646. The number of nitrogens with one attached hydrogen (secondary N) is 1. The second-order valence-corrected chi connectivity index (χ2v) is 6.61. The van der Waals surface area contributed by atoms with E-state index in [9.17, 15) is 4.79 Å². The summed E-state index contributed by atoms with van der Waals surface area (Å²) in [5.74, 6) is 1.57. The number of nitrogens with zero attached hydrogens (tertiary/aromatic N) is 4. The second-order valence-electron chi connectivity index (χ2n) is 5.67. The Morgan fingerprint density at radius 1 is 1.27 bits per heavy atom. The molecule has 1 aromatic carbocycles. The van der Waals surface area contributed by atoms with E-state index < -0.39 is 0 Å². The number of hydrogen-bond acceptors (Lipinski definition) is 5. The third kappa shape index (κ3) is 3.91. The van der Waals surface area contributed by atoms with Crippen LogP contribution in [-0.2, 0) is 11.2 Å². The summed E-state index contributed by atoms with van der Waals surface area (Å²) < 4.78 is 9.11. The number of methoxy groups -OCH3 is 1. The highest BCUT2D eigenvalue weighted by Gasteiger charge is 2.15. The maximum Gasteiger partial charge on any atom is 0.234 e. The van der Waals surface area contributed by atoms with Gasteiger partial charge in [0.1, 0.15) is 5.75 Å². The molecule has 3 aromatic rings. The average Bonchev–Trinajstić information content (AvgIpc) is 3.29. The average molecular weight is 371 g/mol. The molecule has 0 aliphatic heterocycles. The molecule has 0 saturated carbocycles. The van der Waals surface area contributed by atoms with Crippen LogP contribution in [0.25, 0.3) is 0 Å². The van der Waals surface area contributed by atoms with Crippen LogP contribution in [0.2, 0.25) is 0 Å². The van der Waals surface area contributed by atoms with Gasteiger partial charge in [-0.1, -0.05) is 24.8 Å². The minimum absolute atomic E-state index is 0.126. The normalized spacial score (nSPS) is 10.7. The second kappa shape index (κ2) is 8.09. The number of anilines is 1. The highest BCUT2D eigenvalue weighted by atomic mass is 32.2. The fraction of sp³-hybridized carbons (Fsp3) is 0.278. The van der Waals surface area contributed by atoms with Gasteiger partial charge in [-0.15, -0.1) is 10.2 Å². The van der Waals surface area contributed by atoms with Crippen LogP contribution in [0.1, 0.15) is 18.3 Å². The third-order valence-corrected chi connectivity index (χ3v) is 4.69. The van der Waals surface area contributed by atoms with Crippen LogP contribution in [0, 0.1) is 6.92 Å². The largest absolute Gasteiger partial charge is 0.495 e. The molecule has 8 heteroatoms. The maximum absolute atomic E-state index is 12.4. The van der Waals surface area contributed by atoms with Crippen LogP contribution in [0.5, 0.6) is 5.75 Å². The Labute approximate surface area is 156 Å². The molecular formula is C18H21N5O2S. The lowest BCUT2D eigenvalue weighted by Gasteiger charge is -2.12. The number of carbonyl (C=O) groups excluding carboxylic acids is 1. The van der Waals surface area contributed by atoms with Crippen LogP contribution in [-0.4, -0.2) is 38.3 Å². The van der Waals surface area contributed by atoms with Crippen LogP contribution in [0.15, 0.2) is 47.9 Å². The van der Waals surface area contributed by atoms with Gasteiger partial charge in [-0.25, -0.2) is 4.68 Å². The van der Waals surface area contributed by atoms with Crippen molar-refractivity contribution < 1.29 is 9.53 Å². The van der Waals surface area contributed by atoms with Crippen molar-refractivity contribution in [2.45, 2.75) is 25.4 Å². The number of rotatable bonds is 7. The lowest BCUT2D eigenvalue weighted by atomic mass is 10.2. The smallest absolute Gasteiger partial charge is 0.234 e. The summed E-state index contributed by atoms with van der Waals surface area (Å²) in [7, 11) is 1.58. The SMILES string of the molecule is CCc1nnc(SCC(=O)Nc2cc(C)ccc2OC)n1-n1cccc1. The first-order chi connectivity index (χ1) is 12.6. The molecule has 136 valence electrons. The van der Waals surface area contributed by atoms with Gasteiger partial charge in [-0.3, -0.25) is 9.47 Å². The number of thioether (sulfide) groups is 1. The fourth-order valence-electron chi connectivity index (χ4n) is 2.53. The molecule has 7 nitrogen and oxygen atoms in total. The minimum Gasteiger partial charge on any atom is -0.495 e. The first kappa shape index (κ1) is 18.1. The van der Waals surface area contributed by atoms with Crippen molar-refractivity contribution >= 4 is 23.4 Å². The van der Waals surface area contributed by atoms with E-state index in [4.69, 9.17) is 4.74 Å². The van der Waals surface area contributed by atoms with Crippen LogP contribution in [0.3, 0.4) is 0 Å². The number of carbonyl (C=O) groups is 1. The van der Waals surface area contributed by atoms with Gasteiger partial charge in [0.15, 0.2) is 5.82 Å². The molecular weight excluding hydrogens is 350 g/mol. The number of hydrogen-bond donors (Lipinski definition) is 1. The zero-order valence-electron chi connectivity index (χ0n) is 15.0. The van der Waals surface area contributed by atoms with Crippen LogP contribution in [0.4, 0.5) is 5.69 Å². The summed E-state index contributed by atoms with van der Waals surface area (Å²) in [6.07, 6.45) is 4.59. The summed E-state index contributed by atoms with van der Waals surface area (Å²) in [5, 5.41) is 12.0. The predicted molar refractivity (Wildman–Crippen MR) is 102 cm³/mol. The van der Waals surface area contributed by atoms with Gasteiger partial charge >= 0.3 is 0 Å². The molecule has 0 unspecified atom stereocenters. The molecule has 1 amide bonds. The molecule has 2 aromatic heterocycles. The summed E-state index contributed by atoms with van der Waals surface area (Å²) in [6, 6.07) is 9.54. The van der Waals surface area contributed by atoms with E-state index in [2.05, 4.69) is 15.5 Å². The molecule has 3 rings (SSSR count). The maximum atomic E-state index is 12.4. The number of ether oxygens (including phenoxy) is 1. The monoisotopic (exact) mass is 371 g/mol. The summed E-state index contributed by atoms with van der Waals surface area (Å²) in [4.78, 5) is 12.4. The number of aryl methyl sites for hydroxylation is 2. The van der Waals surface area contributed by atoms with Gasteiger partial charge in [0.2, 0.25) is 11.1 Å². The van der Waals surface area contributed by atoms with Crippen molar-refractivity contribution in [2.75, 3.05) is 18.2 Å². The van der Waals surface area contributed by atoms with Crippen molar-refractivity contribution in [3.05, 3.63) is 54.1 Å². The Morgan fingerprint density at radius 3 is 2.73 bits per heavy atom. The number of benzene rings is 1. The Kier molecular flexibility index (Phi) is 5.62. The van der Waals surface area contributed by atoms with Crippen molar-refractivity contribution in [1.29, 1.82) is 0 Å². The topological polar surface area (TPSA) is 74.0 Å².